The van der Waals surface area contributed by atoms with Crippen molar-refractivity contribution in [3.05, 3.63) is 89.6 Å². The Hall–Kier alpha value is -3.40. The van der Waals surface area contributed by atoms with Crippen molar-refractivity contribution in [1.29, 1.82) is 0 Å². The van der Waals surface area contributed by atoms with Crippen molar-refractivity contribution in [2.24, 2.45) is 0 Å². The minimum absolute atomic E-state index is 0.177. The Morgan fingerprint density at radius 3 is 2.30 bits per heavy atom. The maximum Gasteiger partial charge on any atom is 0.268 e. The second kappa shape index (κ2) is 8.32. The fourth-order valence-electron chi connectivity index (χ4n) is 2.98. The summed E-state index contributed by atoms with van der Waals surface area (Å²) in [5.74, 6) is -0.613. The number of hydrogen-bond acceptors (Lipinski definition) is 2. The summed E-state index contributed by atoms with van der Waals surface area (Å²) in [6.07, 6.45) is 1.72. The first-order valence-electron chi connectivity index (χ1n) is 8.87. The van der Waals surface area contributed by atoms with Crippen LogP contribution in [0, 0.1) is 0 Å². The largest absolute Gasteiger partial charge is 0.344 e. The highest BCUT2D eigenvalue weighted by atomic mass is 16.2. The SMILES string of the molecule is CC(=O)N/C(=C/c1cccc2ccccc12)C(=O)N[C@@H](C)c1ccccc1. The van der Waals surface area contributed by atoms with E-state index in [0.717, 1.165) is 21.9 Å². The third-order valence-corrected chi connectivity index (χ3v) is 4.33. The molecule has 0 aliphatic heterocycles. The van der Waals surface area contributed by atoms with E-state index in [1.807, 2.05) is 79.7 Å². The van der Waals surface area contributed by atoms with Gasteiger partial charge in [-0.1, -0.05) is 72.8 Å². The van der Waals surface area contributed by atoms with E-state index in [-0.39, 0.29) is 23.6 Å². The summed E-state index contributed by atoms with van der Waals surface area (Å²) in [7, 11) is 0. The summed E-state index contributed by atoms with van der Waals surface area (Å²) in [6, 6.07) is 23.3. The van der Waals surface area contributed by atoms with Gasteiger partial charge in [0.1, 0.15) is 5.70 Å². The van der Waals surface area contributed by atoms with Gasteiger partial charge in [0, 0.05) is 6.92 Å². The smallest absolute Gasteiger partial charge is 0.268 e. The topological polar surface area (TPSA) is 58.2 Å². The zero-order chi connectivity index (χ0) is 19.2. The molecule has 0 bridgehead atoms. The van der Waals surface area contributed by atoms with Gasteiger partial charge in [-0.15, -0.1) is 0 Å². The zero-order valence-corrected chi connectivity index (χ0v) is 15.4. The normalized spacial score (nSPS) is 12.4. The molecule has 27 heavy (non-hydrogen) atoms. The van der Waals surface area contributed by atoms with Gasteiger partial charge in [0.15, 0.2) is 0 Å². The molecule has 2 amide bonds. The van der Waals surface area contributed by atoms with Gasteiger partial charge in [-0.25, -0.2) is 0 Å². The van der Waals surface area contributed by atoms with Crippen LogP contribution < -0.4 is 10.6 Å². The molecule has 0 saturated heterocycles. The molecular weight excluding hydrogens is 336 g/mol. The summed E-state index contributed by atoms with van der Waals surface area (Å²) in [6.45, 7) is 3.31. The van der Waals surface area contributed by atoms with E-state index >= 15 is 0 Å². The van der Waals surface area contributed by atoms with Crippen molar-refractivity contribution in [2.45, 2.75) is 19.9 Å². The predicted molar refractivity (Wildman–Crippen MR) is 109 cm³/mol. The van der Waals surface area contributed by atoms with Crippen LogP contribution in [0.3, 0.4) is 0 Å². The van der Waals surface area contributed by atoms with Gasteiger partial charge in [-0.05, 0) is 34.9 Å². The van der Waals surface area contributed by atoms with Crippen LogP contribution in [0.4, 0.5) is 0 Å². The lowest BCUT2D eigenvalue weighted by Gasteiger charge is -2.16. The van der Waals surface area contributed by atoms with Crippen LogP contribution in [0.25, 0.3) is 16.8 Å². The standard InChI is InChI=1S/C23H22N2O2/c1-16(18-9-4-3-5-10-18)24-23(27)22(25-17(2)26)15-20-13-8-12-19-11-6-7-14-21(19)20/h3-16H,1-2H3,(H,24,27)(H,25,26)/b22-15+/t16-/m0/s1. The van der Waals surface area contributed by atoms with Crippen LogP contribution in [0.15, 0.2) is 78.5 Å². The van der Waals surface area contributed by atoms with Crippen LogP contribution in [0.1, 0.15) is 31.0 Å². The molecule has 3 aromatic carbocycles. The zero-order valence-electron chi connectivity index (χ0n) is 15.4. The van der Waals surface area contributed by atoms with Crippen molar-refractivity contribution < 1.29 is 9.59 Å². The average Bonchev–Trinajstić information content (AvgIpc) is 2.68. The first kappa shape index (κ1) is 18.4. The van der Waals surface area contributed by atoms with E-state index < -0.39 is 0 Å². The van der Waals surface area contributed by atoms with E-state index in [9.17, 15) is 9.59 Å². The van der Waals surface area contributed by atoms with Gasteiger partial charge in [-0.2, -0.15) is 0 Å². The maximum atomic E-state index is 12.8. The summed E-state index contributed by atoms with van der Waals surface area (Å²) >= 11 is 0. The quantitative estimate of drug-likeness (QED) is 0.672. The highest BCUT2D eigenvalue weighted by Gasteiger charge is 2.15. The number of fused-ring (bicyclic) bond motifs is 1. The van der Waals surface area contributed by atoms with Gasteiger partial charge in [0.2, 0.25) is 5.91 Å². The lowest BCUT2D eigenvalue weighted by Crippen LogP contribution is -2.35. The minimum atomic E-state index is -0.325. The molecule has 4 heteroatoms. The van der Waals surface area contributed by atoms with Crippen LogP contribution >= 0.6 is 0 Å². The Bertz CT molecular complexity index is 988. The van der Waals surface area contributed by atoms with Crippen LogP contribution in [-0.2, 0) is 9.59 Å². The van der Waals surface area contributed by atoms with Crippen molar-refractivity contribution in [2.75, 3.05) is 0 Å². The number of carbonyl (C=O) groups is 2. The number of rotatable bonds is 5. The first-order valence-corrected chi connectivity index (χ1v) is 8.87. The van der Waals surface area contributed by atoms with Crippen LogP contribution in [-0.4, -0.2) is 11.8 Å². The average molecular weight is 358 g/mol. The number of nitrogens with one attached hydrogen (secondary N) is 2. The highest BCUT2D eigenvalue weighted by Crippen LogP contribution is 2.21. The van der Waals surface area contributed by atoms with Gasteiger partial charge in [-0.3, -0.25) is 9.59 Å². The highest BCUT2D eigenvalue weighted by molar-refractivity contribution is 6.03. The Labute approximate surface area is 158 Å². The van der Waals surface area contributed by atoms with Gasteiger partial charge in [0.25, 0.3) is 5.91 Å². The Morgan fingerprint density at radius 1 is 0.889 bits per heavy atom. The van der Waals surface area contributed by atoms with Crippen molar-refractivity contribution in [3.63, 3.8) is 0 Å². The molecule has 0 saturated carbocycles. The van der Waals surface area contributed by atoms with Crippen molar-refractivity contribution in [1.82, 2.24) is 10.6 Å². The molecule has 3 aromatic rings. The Kier molecular flexibility index (Phi) is 5.67. The van der Waals surface area contributed by atoms with Crippen molar-refractivity contribution in [3.8, 4) is 0 Å². The van der Waals surface area contributed by atoms with Gasteiger partial charge in [0.05, 0.1) is 6.04 Å². The second-order valence-electron chi connectivity index (χ2n) is 6.41. The fourth-order valence-corrected chi connectivity index (χ4v) is 2.98. The van der Waals surface area contributed by atoms with E-state index in [4.69, 9.17) is 0 Å². The molecule has 0 spiro atoms. The molecule has 0 aliphatic carbocycles. The maximum absolute atomic E-state index is 12.8. The van der Waals surface area contributed by atoms with Crippen molar-refractivity contribution >= 4 is 28.7 Å². The van der Waals surface area contributed by atoms with E-state index in [1.165, 1.54) is 6.92 Å². The summed E-state index contributed by atoms with van der Waals surface area (Å²) in [4.78, 5) is 24.4. The van der Waals surface area contributed by atoms with Crippen LogP contribution in [0.5, 0.6) is 0 Å². The first-order chi connectivity index (χ1) is 13.0. The van der Waals surface area contributed by atoms with Gasteiger partial charge >= 0.3 is 0 Å². The molecule has 4 nitrogen and oxygen atoms in total. The molecule has 2 N–H and O–H groups in total. The number of benzene rings is 3. The molecule has 0 radical (unpaired) electrons. The molecule has 0 heterocycles. The number of carbonyl (C=O) groups excluding carboxylic acids is 2. The molecule has 0 fully saturated rings. The molecule has 0 unspecified atom stereocenters. The third-order valence-electron chi connectivity index (χ3n) is 4.33. The summed E-state index contributed by atoms with van der Waals surface area (Å²) in [5, 5.41) is 7.70. The molecular formula is C23H22N2O2. The van der Waals surface area contributed by atoms with E-state index in [1.54, 1.807) is 6.08 Å². The molecule has 3 rings (SSSR count). The fraction of sp³-hybridized carbons (Fsp3) is 0.130. The van der Waals surface area contributed by atoms with E-state index in [2.05, 4.69) is 10.6 Å². The summed E-state index contributed by atoms with van der Waals surface area (Å²) < 4.78 is 0. The van der Waals surface area contributed by atoms with Crippen LogP contribution in [0.2, 0.25) is 0 Å². The molecule has 1 atom stereocenters. The molecule has 0 aliphatic rings. The van der Waals surface area contributed by atoms with Gasteiger partial charge < -0.3 is 10.6 Å². The third kappa shape index (κ3) is 4.61. The number of amides is 2. The lowest BCUT2D eigenvalue weighted by atomic mass is 10.0. The molecule has 0 aromatic heterocycles. The molecule has 136 valence electrons. The van der Waals surface area contributed by atoms with E-state index in [0.29, 0.717) is 0 Å². The monoisotopic (exact) mass is 358 g/mol. The predicted octanol–water partition coefficient (Wildman–Crippen LogP) is 4.19. The Balaban J connectivity index is 1.92. The Morgan fingerprint density at radius 2 is 1.56 bits per heavy atom. The lowest BCUT2D eigenvalue weighted by molar-refractivity contribution is -0.122. The second-order valence-corrected chi connectivity index (χ2v) is 6.41. The summed E-state index contributed by atoms with van der Waals surface area (Å²) in [5.41, 5.74) is 2.10. The number of hydrogen-bond donors (Lipinski definition) is 2. The minimum Gasteiger partial charge on any atom is -0.344 e.